The molecule has 1 aliphatic heterocycles. The van der Waals surface area contributed by atoms with Gasteiger partial charge in [0.05, 0.1) is 11.6 Å². The molecule has 0 radical (unpaired) electrons. The predicted octanol–water partition coefficient (Wildman–Crippen LogP) is 2.21. The second-order valence-electron chi connectivity index (χ2n) is 4.18. The summed E-state index contributed by atoms with van der Waals surface area (Å²) in [6.45, 7) is 5.13. The number of hydrogen-bond donors (Lipinski definition) is 1. The number of benzene rings is 1. The molecule has 1 heterocycles. The predicted molar refractivity (Wildman–Crippen MR) is 78.1 cm³/mol. The molecule has 1 N–H and O–H groups in total. The van der Waals surface area contributed by atoms with E-state index in [1.54, 1.807) is 12.1 Å². The summed E-state index contributed by atoms with van der Waals surface area (Å²) < 4.78 is 16.7. The van der Waals surface area contributed by atoms with E-state index < -0.39 is 6.04 Å². The summed E-state index contributed by atoms with van der Waals surface area (Å²) in [5, 5.41) is 3.06. The van der Waals surface area contributed by atoms with E-state index in [1.807, 2.05) is 6.07 Å². The van der Waals surface area contributed by atoms with Gasteiger partial charge in [-0.25, -0.2) is 4.79 Å². The Morgan fingerprint density at radius 2 is 2.30 bits per heavy atom. The topological polar surface area (TPSA) is 56.8 Å². The smallest absolute Gasteiger partial charge is 0.327 e. The number of nitrogens with one attached hydrogen (secondary N) is 1. The molecule has 20 heavy (non-hydrogen) atoms. The van der Waals surface area contributed by atoms with Crippen molar-refractivity contribution in [3.63, 3.8) is 0 Å². The van der Waals surface area contributed by atoms with E-state index in [2.05, 4.69) is 27.8 Å². The summed E-state index contributed by atoms with van der Waals surface area (Å²) in [6, 6.07) is 3.03. The van der Waals surface area contributed by atoms with E-state index >= 15 is 0 Å². The van der Waals surface area contributed by atoms with Crippen molar-refractivity contribution in [2.75, 3.05) is 26.9 Å². The molecule has 0 aromatic heterocycles. The van der Waals surface area contributed by atoms with Crippen LogP contribution in [0, 0.1) is 0 Å². The average Bonchev–Trinajstić information content (AvgIpc) is 2.47. The Bertz CT molecular complexity index is 518. The lowest BCUT2D eigenvalue weighted by Gasteiger charge is -2.23. The molecule has 1 aromatic rings. The Morgan fingerprint density at radius 3 is 3.00 bits per heavy atom. The Balaban J connectivity index is 2.35. The van der Waals surface area contributed by atoms with Crippen LogP contribution >= 0.6 is 15.9 Å². The summed E-state index contributed by atoms with van der Waals surface area (Å²) in [5.74, 6) is 0.915. The minimum atomic E-state index is -0.579. The van der Waals surface area contributed by atoms with E-state index in [4.69, 9.17) is 14.2 Å². The van der Waals surface area contributed by atoms with Crippen LogP contribution in [0.15, 0.2) is 29.3 Å². The largest absolute Gasteiger partial charge is 0.486 e. The van der Waals surface area contributed by atoms with Crippen LogP contribution in [-0.4, -0.2) is 32.8 Å². The van der Waals surface area contributed by atoms with Crippen LogP contribution in [0.25, 0.3) is 0 Å². The molecule has 0 bridgehead atoms. The van der Waals surface area contributed by atoms with Gasteiger partial charge in [0.15, 0.2) is 11.5 Å². The third-order valence-electron chi connectivity index (χ3n) is 2.86. The molecular weight excluding hydrogens is 326 g/mol. The molecule has 5 nitrogen and oxygen atoms in total. The number of esters is 1. The van der Waals surface area contributed by atoms with Gasteiger partial charge in [0.25, 0.3) is 0 Å². The first-order valence-corrected chi connectivity index (χ1v) is 6.97. The number of carbonyl (C=O) groups excluding carboxylic acids is 1. The monoisotopic (exact) mass is 341 g/mol. The fourth-order valence-corrected chi connectivity index (χ4v) is 2.53. The van der Waals surface area contributed by atoms with Gasteiger partial charge >= 0.3 is 5.97 Å². The molecule has 0 saturated carbocycles. The zero-order valence-electron chi connectivity index (χ0n) is 11.1. The molecule has 0 amide bonds. The van der Waals surface area contributed by atoms with Gasteiger partial charge in [-0.2, -0.15) is 0 Å². The maximum absolute atomic E-state index is 11.9. The second kappa shape index (κ2) is 6.76. The van der Waals surface area contributed by atoms with Gasteiger partial charge in [0.2, 0.25) is 0 Å². The van der Waals surface area contributed by atoms with Gasteiger partial charge in [-0.3, -0.25) is 5.32 Å². The zero-order valence-corrected chi connectivity index (χ0v) is 12.7. The molecule has 108 valence electrons. The molecule has 0 spiro atoms. The van der Waals surface area contributed by atoms with E-state index in [-0.39, 0.29) is 5.97 Å². The summed E-state index contributed by atoms with van der Waals surface area (Å²) in [6.07, 6.45) is 1.68. The Morgan fingerprint density at radius 1 is 1.55 bits per heavy atom. The molecule has 0 saturated heterocycles. The van der Waals surface area contributed by atoms with E-state index in [9.17, 15) is 4.79 Å². The Labute approximate surface area is 126 Å². The van der Waals surface area contributed by atoms with Crippen LogP contribution in [-0.2, 0) is 9.53 Å². The van der Waals surface area contributed by atoms with Crippen molar-refractivity contribution in [3.8, 4) is 11.5 Å². The number of fused-ring (bicyclic) bond motifs is 1. The molecule has 1 unspecified atom stereocenters. The molecule has 1 atom stereocenters. The van der Waals surface area contributed by atoms with Gasteiger partial charge in [0.1, 0.15) is 19.3 Å². The number of hydrogen-bond acceptors (Lipinski definition) is 5. The molecule has 0 aliphatic carbocycles. The molecule has 1 aromatic carbocycles. The van der Waals surface area contributed by atoms with Crippen molar-refractivity contribution in [1.29, 1.82) is 0 Å². The van der Waals surface area contributed by atoms with E-state index in [0.717, 1.165) is 10.0 Å². The highest BCUT2D eigenvalue weighted by molar-refractivity contribution is 9.10. The van der Waals surface area contributed by atoms with Gasteiger partial charge in [-0.05, 0) is 33.6 Å². The number of ether oxygens (including phenoxy) is 3. The van der Waals surface area contributed by atoms with Crippen LogP contribution in [0.5, 0.6) is 11.5 Å². The Hall–Kier alpha value is -1.53. The maximum Gasteiger partial charge on any atom is 0.327 e. The molecule has 6 heteroatoms. The highest BCUT2D eigenvalue weighted by Gasteiger charge is 2.24. The van der Waals surface area contributed by atoms with Crippen LogP contribution < -0.4 is 14.8 Å². The summed E-state index contributed by atoms with van der Waals surface area (Å²) in [5.41, 5.74) is 0.745. The Kier molecular flexibility index (Phi) is 5.03. The lowest BCUT2D eigenvalue weighted by molar-refractivity contribution is -0.143. The van der Waals surface area contributed by atoms with Gasteiger partial charge in [-0.1, -0.05) is 6.08 Å². The van der Waals surface area contributed by atoms with E-state index in [0.29, 0.717) is 31.3 Å². The van der Waals surface area contributed by atoms with Crippen LogP contribution in [0.4, 0.5) is 0 Å². The fourth-order valence-electron chi connectivity index (χ4n) is 1.95. The SMILES string of the molecule is C=CCNC(C(=O)OC)c1cc(Br)c2c(c1)OCCO2. The normalized spacial score (nSPS) is 14.5. The van der Waals surface area contributed by atoms with Crippen molar-refractivity contribution in [3.05, 3.63) is 34.8 Å². The van der Waals surface area contributed by atoms with Crippen molar-refractivity contribution in [2.45, 2.75) is 6.04 Å². The molecule has 2 rings (SSSR count). The summed E-state index contributed by atoms with van der Waals surface area (Å²) in [7, 11) is 1.36. The minimum absolute atomic E-state index is 0.365. The molecule has 1 aliphatic rings. The third-order valence-corrected chi connectivity index (χ3v) is 3.44. The van der Waals surface area contributed by atoms with Crippen LogP contribution in [0.2, 0.25) is 0 Å². The number of carbonyl (C=O) groups is 1. The second-order valence-corrected chi connectivity index (χ2v) is 5.03. The first-order chi connectivity index (χ1) is 9.67. The fraction of sp³-hybridized carbons (Fsp3) is 0.357. The minimum Gasteiger partial charge on any atom is -0.486 e. The van der Waals surface area contributed by atoms with Gasteiger partial charge in [0, 0.05) is 6.54 Å². The zero-order chi connectivity index (χ0) is 14.5. The number of methoxy groups -OCH3 is 1. The van der Waals surface area contributed by atoms with Crippen molar-refractivity contribution < 1.29 is 19.0 Å². The standard InChI is InChI=1S/C14H16BrNO4/c1-3-4-16-12(14(17)18-2)9-7-10(15)13-11(8-9)19-5-6-20-13/h3,7-8,12,16H,1,4-6H2,2H3. The number of halogens is 1. The first kappa shape index (κ1) is 14.9. The molecule has 0 fully saturated rings. The molecular formula is C14H16BrNO4. The summed E-state index contributed by atoms with van der Waals surface area (Å²) in [4.78, 5) is 11.9. The lowest BCUT2D eigenvalue weighted by atomic mass is 10.1. The quantitative estimate of drug-likeness (QED) is 0.657. The maximum atomic E-state index is 11.9. The van der Waals surface area contributed by atoms with Crippen LogP contribution in [0.3, 0.4) is 0 Å². The van der Waals surface area contributed by atoms with E-state index in [1.165, 1.54) is 7.11 Å². The average molecular weight is 342 g/mol. The van der Waals surface area contributed by atoms with Crippen molar-refractivity contribution in [2.24, 2.45) is 0 Å². The summed E-state index contributed by atoms with van der Waals surface area (Å²) >= 11 is 3.44. The van der Waals surface area contributed by atoms with Gasteiger partial charge < -0.3 is 14.2 Å². The van der Waals surface area contributed by atoms with Gasteiger partial charge in [-0.15, -0.1) is 6.58 Å². The number of rotatable bonds is 5. The lowest BCUT2D eigenvalue weighted by Crippen LogP contribution is -2.30. The van der Waals surface area contributed by atoms with Crippen LogP contribution in [0.1, 0.15) is 11.6 Å². The third kappa shape index (κ3) is 3.13. The van der Waals surface area contributed by atoms with Crippen molar-refractivity contribution >= 4 is 21.9 Å². The first-order valence-electron chi connectivity index (χ1n) is 6.18. The highest BCUT2D eigenvalue weighted by Crippen LogP contribution is 2.40. The van der Waals surface area contributed by atoms with Crippen molar-refractivity contribution in [1.82, 2.24) is 5.32 Å². The highest BCUT2D eigenvalue weighted by atomic mass is 79.9.